The Morgan fingerprint density at radius 2 is 1.41 bits per heavy atom. The van der Waals surface area contributed by atoms with Gasteiger partial charge in [-0.3, -0.25) is 19.4 Å². The summed E-state index contributed by atoms with van der Waals surface area (Å²) in [6.45, 7) is 0. The van der Waals surface area contributed by atoms with E-state index in [9.17, 15) is 14.4 Å². The molecule has 0 bridgehead atoms. The van der Waals surface area contributed by atoms with Crippen LogP contribution in [0.25, 0.3) is 0 Å². The minimum atomic E-state index is -1.68. The number of benzene rings is 4. The molecule has 0 amide bonds. The fraction of sp³-hybridized carbons (Fsp3) is 0.125. The fourth-order valence-electron chi connectivity index (χ4n) is 6.65. The van der Waals surface area contributed by atoms with E-state index in [4.69, 9.17) is 28.3 Å². The van der Waals surface area contributed by atoms with Crippen molar-refractivity contribution in [1.82, 2.24) is 5.01 Å². The highest BCUT2D eigenvalue weighted by molar-refractivity contribution is 6.36. The van der Waals surface area contributed by atoms with E-state index in [0.29, 0.717) is 27.3 Å². The second-order valence-corrected chi connectivity index (χ2v) is 10.9. The van der Waals surface area contributed by atoms with Crippen molar-refractivity contribution < 1.29 is 14.4 Å². The zero-order chi connectivity index (χ0) is 26.9. The number of carbonyl (C=O) groups is 3. The molecule has 3 aliphatic rings. The number of ketones is 3. The lowest BCUT2D eigenvalue weighted by Gasteiger charge is -2.36. The zero-order valence-corrected chi connectivity index (χ0v) is 21.9. The third-order valence-electron chi connectivity index (χ3n) is 8.20. The predicted molar refractivity (Wildman–Crippen MR) is 150 cm³/mol. The molecule has 1 unspecified atom stereocenters. The van der Waals surface area contributed by atoms with Gasteiger partial charge in [0, 0.05) is 32.7 Å². The maximum absolute atomic E-state index is 14.7. The number of hydrogen-bond acceptors (Lipinski definition) is 5. The summed E-state index contributed by atoms with van der Waals surface area (Å²) in [6, 6.07) is 26.5. The summed E-state index contributed by atoms with van der Waals surface area (Å²) in [5.41, 5.74) is 1.54. The number of rotatable bonds is 3. The molecule has 0 aromatic heterocycles. The van der Waals surface area contributed by atoms with Crippen molar-refractivity contribution in [3.05, 3.63) is 140 Å². The molecule has 0 N–H and O–H groups in total. The van der Waals surface area contributed by atoms with Crippen LogP contribution >= 0.6 is 23.2 Å². The average Bonchev–Trinajstić information content (AvgIpc) is 3.39. The van der Waals surface area contributed by atoms with E-state index in [0.717, 1.165) is 11.1 Å². The molecule has 7 heteroatoms. The summed E-state index contributed by atoms with van der Waals surface area (Å²) in [5.74, 6) is -1.84. The molecule has 1 aliphatic carbocycles. The van der Waals surface area contributed by atoms with E-state index >= 15 is 0 Å². The second kappa shape index (κ2) is 8.73. The molecule has 190 valence electrons. The van der Waals surface area contributed by atoms with Gasteiger partial charge >= 0.3 is 0 Å². The van der Waals surface area contributed by atoms with Gasteiger partial charge in [-0.1, -0.05) is 108 Å². The first kappa shape index (κ1) is 24.0. The Labute approximate surface area is 234 Å². The molecule has 1 spiro atoms. The van der Waals surface area contributed by atoms with Crippen molar-refractivity contribution in [2.24, 2.45) is 10.5 Å². The van der Waals surface area contributed by atoms with E-state index in [1.54, 1.807) is 78.0 Å². The van der Waals surface area contributed by atoms with Gasteiger partial charge in [-0.15, -0.1) is 0 Å². The quantitative estimate of drug-likeness (QED) is 0.208. The minimum Gasteiger partial charge on any atom is -0.293 e. The smallest absolute Gasteiger partial charge is 0.187 e. The lowest BCUT2D eigenvalue weighted by molar-refractivity contribution is 0.0586. The van der Waals surface area contributed by atoms with Gasteiger partial charge in [-0.05, 0) is 28.8 Å². The number of halogens is 2. The molecule has 0 radical (unpaired) electrons. The highest BCUT2D eigenvalue weighted by Crippen LogP contribution is 2.65. The Morgan fingerprint density at radius 1 is 0.769 bits per heavy atom. The number of nitrogens with zero attached hydrogens (tertiary/aromatic N) is 2. The van der Waals surface area contributed by atoms with Gasteiger partial charge < -0.3 is 0 Å². The summed E-state index contributed by atoms with van der Waals surface area (Å²) >= 11 is 13.1. The summed E-state index contributed by atoms with van der Waals surface area (Å²) in [6.07, 6.45) is 1.69. The first-order valence-electron chi connectivity index (χ1n) is 12.6. The normalized spacial score (nSPS) is 22.1. The minimum absolute atomic E-state index is 0.249. The maximum atomic E-state index is 14.7. The number of Topliss-reactive ketones (excluding diaryl/α,β-unsaturated/α-hetero) is 3. The molecule has 39 heavy (non-hydrogen) atoms. The van der Waals surface area contributed by atoms with Crippen molar-refractivity contribution in [2.75, 3.05) is 0 Å². The lowest BCUT2D eigenvalue weighted by Crippen LogP contribution is -2.44. The Kier molecular flexibility index (Phi) is 5.38. The molecule has 3 atom stereocenters. The largest absolute Gasteiger partial charge is 0.293 e. The predicted octanol–water partition coefficient (Wildman–Crippen LogP) is 6.80. The maximum Gasteiger partial charge on any atom is 0.187 e. The highest BCUT2D eigenvalue weighted by atomic mass is 35.5. The van der Waals surface area contributed by atoms with Gasteiger partial charge in [-0.2, -0.15) is 5.10 Å². The van der Waals surface area contributed by atoms with Crippen LogP contribution in [0.4, 0.5) is 0 Å². The van der Waals surface area contributed by atoms with Crippen molar-refractivity contribution in [3.8, 4) is 0 Å². The monoisotopic (exact) mass is 550 g/mol. The van der Waals surface area contributed by atoms with Crippen LogP contribution in [0.1, 0.15) is 59.7 Å². The Bertz CT molecular complexity index is 1700. The van der Waals surface area contributed by atoms with Gasteiger partial charge in [0.1, 0.15) is 11.5 Å². The van der Waals surface area contributed by atoms with Gasteiger partial charge in [0.25, 0.3) is 0 Å². The fourth-order valence-corrected chi connectivity index (χ4v) is 7.17. The van der Waals surface area contributed by atoms with E-state index in [1.165, 1.54) is 0 Å². The SMILES string of the molecule is O=C(c1ccccc1)[C@H]1[C@H](c2ccc(Cl)cc2Cl)C2(C(=O)c3ccccc3C2=O)C2c3ccccc3C=NN21. The molecule has 2 heterocycles. The van der Waals surface area contributed by atoms with E-state index < -0.39 is 23.4 Å². The average molecular weight is 551 g/mol. The number of carbonyl (C=O) groups excluding carboxylic acids is 3. The summed E-state index contributed by atoms with van der Waals surface area (Å²) in [5, 5.41) is 7.11. The summed E-state index contributed by atoms with van der Waals surface area (Å²) in [4.78, 5) is 43.8. The molecule has 2 aliphatic heterocycles. The summed E-state index contributed by atoms with van der Waals surface area (Å²) in [7, 11) is 0. The standard InChI is InChI=1S/C32H20Cl2N2O3/c33-20-14-15-24(25(34)16-20)26-27(28(37)18-8-2-1-3-9-18)36-29(21-11-5-4-10-19(21)17-35-36)32(26)30(38)22-12-6-7-13-23(22)31(32)39/h1-17,26-27,29H/t26-,27+,29?/m0/s1. The van der Waals surface area contributed by atoms with Crippen LogP contribution in [0.3, 0.4) is 0 Å². The molecule has 7 rings (SSSR count). The first-order valence-corrected chi connectivity index (χ1v) is 13.3. The van der Waals surface area contributed by atoms with Crippen LogP contribution in [0.15, 0.2) is 102 Å². The van der Waals surface area contributed by atoms with Gasteiger partial charge in [0.15, 0.2) is 17.3 Å². The molecule has 1 fully saturated rings. The summed E-state index contributed by atoms with van der Waals surface area (Å²) < 4.78 is 0. The van der Waals surface area contributed by atoms with Crippen LogP contribution in [-0.4, -0.2) is 34.6 Å². The van der Waals surface area contributed by atoms with E-state index in [2.05, 4.69) is 0 Å². The first-order chi connectivity index (χ1) is 18.9. The van der Waals surface area contributed by atoms with Crippen LogP contribution < -0.4 is 0 Å². The Morgan fingerprint density at radius 3 is 2.10 bits per heavy atom. The molecule has 4 aromatic rings. The van der Waals surface area contributed by atoms with Crippen LogP contribution in [0, 0.1) is 5.41 Å². The van der Waals surface area contributed by atoms with Gasteiger partial charge in [0.2, 0.25) is 0 Å². The van der Waals surface area contributed by atoms with Crippen molar-refractivity contribution in [2.45, 2.75) is 18.0 Å². The number of hydrazone groups is 1. The molecule has 5 nitrogen and oxygen atoms in total. The van der Waals surface area contributed by atoms with Crippen LogP contribution in [0.5, 0.6) is 0 Å². The molecular formula is C32H20Cl2N2O3. The zero-order valence-electron chi connectivity index (χ0n) is 20.4. The van der Waals surface area contributed by atoms with E-state index in [-0.39, 0.29) is 22.4 Å². The van der Waals surface area contributed by atoms with Crippen molar-refractivity contribution >= 4 is 46.8 Å². The molecule has 0 saturated carbocycles. The lowest BCUT2D eigenvalue weighted by atomic mass is 9.63. The molecular weight excluding hydrogens is 531 g/mol. The van der Waals surface area contributed by atoms with Gasteiger partial charge in [-0.25, -0.2) is 0 Å². The third kappa shape index (κ3) is 3.20. The topological polar surface area (TPSA) is 66.8 Å². The second-order valence-electron chi connectivity index (χ2n) is 10.0. The number of hydrogen-bond donors (Lipinski definition) is 0. The van der Waals surface area contributed by atoms with E-state index in [1.807, 2.05) is 30.3 Å². The number of fused-ring (bicyclic) bond motifs is 5. The highest BCUT2D eigenvalue weighted by Gasteiger charge is 2.73. The van der Waals surface area contributed by atoms with Crippen molar-refractivity contribution in [3.63, 3.8) is 0 Å². The Balaban J connectivity index is 1.58. The third-order valence-corrected chi connectivity index (χ3v) is 8.76. The van der Waals surface area contributed by atoms with Crippen molar-refractivity contribution in [1.29, 1.82) is 0 Å². The molecule has 1 saturated heterocycles. The van der Waals surface area contributed by atoms with Crippen LogP contribution in [0.2, 0.25) is 10.0 Å². The molecule has 4 aromatic carbocycles. The van der Waals surface area contributed by atoms with Gasteiger partial charge in [0.05, 0.1) is 12.3 Å². The van der Waals surface area contributed by atoms with Crippen LogP contribution in [-0.2, 0) is 0 Å². The Hall–Kier alpha value is -4.06.